The monoisotopic (exact) mass is 471 g/mol. The van der Waals surface area contributed by atoms with Crippen LogP contribution in [0.5, 0.6) is 0 Å². The van der Waals surface area contributed by atoms with E-state index in [1.54, 1.807) is 12.3 Å². The summed E-state index contributed by atoms with van der Waals surface area (Å²) in [5, 5.41) is 15.4. The van der Waals surface area contributed by atoms with Crippen LogP contribution >= 0.6 is 0 Å². The number of H-pyrrole nitrogens is 1. The van der Waals surface area contributed by atoms with Crippen molar-refractivity contribution in [1.82, 2.24) is 19.8 Å². The summed E-state index contributed by atoms with van der Waals surface area (Å²) in [6, 6.07) is 12.2. The van der Waals surface area contributed by atoms with Gasteiger partial charge in [-0.05, 0) is 25.2 Å². The van der Waals surface area contributed by atoms with E-state index < -0.39 is 16.7 Å². The van der Waals surface area contributed by atoms with Gasteiger partial charge in [0.05, 0.1) is 21.6 Å². The number of amides is 2. The normalized spacial score (nSPS) is 14.0. The number of carbonyl (C=O) groups excluding carboxylic acids is 2. The molecule has 2 aromatic carbocycles. The molecule has 3 heterocycles. The quantitative estimate of drug-likeness (QED) is 0.230. The number of non-ortho nitro benzene ring substituents is 1. The Hall–Kier alpha value is -4.24. The van der Waals surface area contributed by atoms with Gasteiger partial charge in [-0.15, -0.1) is 0 Å². The number of benzene rings is 2. The number of imide groups is 1. The first-order chi connectivity index (χ1) is 16.9. The number of hydrogen-bond acceptors (Lipinski definition) is 5. The Kier molecular flexibility index (Phi) is 5.70. The minimum atomic E-state index is -0.476. The molecule has 0 fully saturated rings. The zero-order valence-electron chi connectivity index (χ0n) is 19.5. The summed E-state index contributed by atoms with van der Waals surface area (Å²) in [7, 11) is 0. The molecule has 9 nitrogen and oxygen atoms in total. The maximum Gasteiger partial charge on any atom is 0.271 e. The molecule has 4 aromatic rings. The van der Waals surface area contributed by atoms with Gasteiger partial charge in [-0.25, -0.2) is 0 Å². The zero-order chi connectivity index (χ0) is 24.7. The number of fused-ring (bicyclic) bond motifs is 2. The average Bonchev–Trinajstić information content (AvgIpc) is 3.52. The topological polar surface area (TPSA) is 113 Å². The number of nitrogens with zero attached hydrogens (tertiary/aromatic N) is 3. The van der Waals surface area contributed by atoms with Crippen LogP contribution in [0.1, 0.15) is 25.0 Å². The van der Waals surface area contributed by atoms with E-state index in [4.69, 9.17) is 0 Å². The van der Waals surface area contributed by atoms with Gasteiger partial charge in [-0.3, -0.25) is 25.0 Å². The Morgan fingerprint density at radius 2 is 1.69 bits per heavy atom. The van der Waals surface area contributed by atoms with Crippen LogP contribution in [-0.4, -0.2) is 50.8 Å². The summed E-state index contributed by atoms with van der Waals surface area (Å²) in [6.45, 7) is 7.27. The summed E-state index contributed by atoms with van der Waals surface area (Å²) in [4.78, 5) is 42.5. The molecule has 0 spiro atoms. The summed E-state index contributed by atoms with van der Waals surface area (Å²) in [6.07, 6.45) is 3.57. The van der Waals surface area contributed by atoms with Crippen LogP contribution in [0.15, 0.2) is 54.9 Å². The van der Waals surface area contributed by atoms with Crippen LogP contribution in [0.2, 0.25) is 0 Å². The Balaban J connectivity index is 1.73. The molecule has 2 N–H and O–H groups in total. The summed E-state index contributed by atoms with van der Waals surface area (Å²) in [5.41, 5.74) is 3.29. The highest BCUT2D eigenvalue weighted by Gasteiger charge is 2.35. The van der Waals surface area contributed by atoms with Crippen LogP contribution in [0.4, 0.5) is 5.69 Å². The number of nitrogens with one attached hydrogen (secondary N) is 2. The summed E-state index contributed by atoms with van der Waals surface area (Å²) < 4.78 is 1.94. The molecule has 5 rings (SSSR count). The number of aromatic amines is 1. The highest BCUT2D eigenvalue weighted by Crippen LogP contribution is 2.39. The van der Waals surface area contributed by atoms with Crippen LogP contribution in [0, 0.1) is 10.1 Å². The molecule has 0 aliphatic carbocycles. The molecular weight excluding hydrogens is 446 g/mol. The zero-order valence-corrected chi connectivity index (χ0v) is 19.5. The Bertz CT molecular complexity index is 1520. The van der Waals surface area contributed by atoms with Crippen LogP contribution in [-0.2, 0) is 16.1 Å². The van der Waals surface area contributed by atoms with Crippen LogP contribution < -0.4 is 5.32 Å². The predicted molar refractivity (Wildman–Crippen MR) is 135 cm³/mol. The van der Waals surface area contributed by atoms with Crippen molar-refractivity contribution >= 4 is 50.5 Å². The highest BCUT2D eigenvalue weighted by atomic mass is 16.6. The minimum absolute atomic E-state index is 0.0241. The maximum absolute atomic E-state index is 13.1. The van der Waals surface area contributed by atoms with Gasteiger partial charge in [0.15, 0.2) is 0 Å². The van der Waals surface area contributed by atoms with Gasteiger partial charge >= 0.3 is 0 Å². The van der Waals surface area contributed by atoms with Crippen molar-refractivity contribution in [2.45, 2.75) is 20.4 Å². The fraction of sp³-hybridized carbons (Fsp3) is 0.231. The third-order valence-corrected chi connectivity index (χ3v) is 6.69. The fourth-order valence-electron chi connectivity index (χ4n) is 4.81. The fourth-order valence-corrected chi connectivity index (χ4v) is 4.81. The smallest absolute Gasteiger partial charge is 0.271 e. The number of aromatic nitrogens is 2. The van der Waals surface area contributed by atoms with E-state index in [0.717, 1.165) is 30.5 Å². The third kappa shape index (κ3) is 3.79. The molecular formula is C26H25N5O4. The maximum atomic E-state index is 13.1. The van der Waals surface area contributed by atoms with Crippen molar-refractivity contribution in [3.05, 3.63) is 76.1 Å². The molecule has 178 valence electrons. The van der Waals surface area contributed by atoms with E-state index >= 15 is 0 Å². The first kappa shape index (κ1) is 22.5. The predicted octanol–water partition coefficient (Wildman–Crippen LogP) is 3.94. The number of likely N-dealkylation sites (N-methyl/N-ethyl adjacent to an activating group) is 1. The van der Waals surface area contributed by atoms with Crippen molar-refractivity contribution in [3.8, 4) is 0 Å². The standard InChI is InChI=1S/C26H25N5O4/c1-3-29(4-2)11-12-30-15-20(18-10-9-16(31(34)35)13-22(18)30)24-23(25(32)28-26(24)33)19-14-27-21-8-6-5-7-17(19)21/h5-10,13-15,27H,3-4,11-12H2,1-2H3,(H,28,32,33). The minimum Gasteiger partial charge on any atom is -0.361 e. The molecule has 0 unspecified atom stereocenters. The molecule has 1 aliphatic heterocycles. The van der Waals surface area contributed by atoms with E-state index in [9.17, 15) is 19.7 Å². The first-order valence-electron chi connectivity index (χ1n) is 11.6. The second-order valence-corrected chi connectivity index (χ2v) is 8.50. The van der Waals surface area contributed by atoms with E-state index in [-0.39, 0.29) is 11.3 Å². The number of hydrogen-bond donors (Lipinski definition) is 2. The molecule has 0 saturated carbocycles. The molecule has 35 heavy (non-hydrogen) atoms. The summed E-state index contributed by atoms with van der Waals surface area (Å²) >= 11 is 0. The van der Waals surface area contributed by atoms with Gasteiger partial charge in [-0.2, -0.15) is 0 Å². The molecule has 9 heteroatoms. The molecule has 0 radical (unpaired) electrons. The van der Waals surface area contributed by atoms with Gasteiger partial charge < -0.3 is 14.5 Å². The van der Waals surface area contributed by atoms with E-state index in [2.05, 4.69) is 29.0 Å². The average molecular weight is 472 g/mol. The number of nitro groups is 1. The number of rotatable bonds is 8. The van der Waals surface area contributed by atoms with E-state index in [1.165, 1.54) is 12.1 Å². The van der Waals surface area contributed by atoms with E-state index in [0.29, 0.717) is 34.1 Å². The van der Waals surface area contributed by atoms with Crippen molar-refractivity contribution in [2.24, 2.45) is 0 Å². The lowest BCUT2D eigenvalue weighted by Gasteiger charge is -2.18. The lowest BCUT2D eigenvalue weighted by atomic mass is 9.95. The molecule has 0 bridgehead atoms. The Morgan fingerprint density at radius 3 is 2.40 bits per heavy atom. The van der Waals surface area contributed by atoms with Gasteiger partial charge in [0.1, 0.15) is 0 Å². The summed E-state index contributed by atoms with van der Waals surface area (Å²) in [5.74, 6) is -0.933. The molecule has 2 amide bonds. The second kappa shape index (κ2) is 8.84. The van der Waals surface area contributed by atoms with Crippen molar-refractivity contribution < 1.29 is 14.5 Å². The largest absolute Gasteiger partial charge is 0.361 e. The number of para-hydroxylation sites is 1. The molecule has 1 aliphatic rings. The first-order valence-corrected chi connectivity index (χ1v) is 11.6. The SMILES string of the molecule is CCN(CC)CCn1cc(C2=C(c3c[nH]c4ccccc34)C(=O)NC2=O)c2ccc([N+](=O)[O-])cc21. The van der Waals surface area contributed by atoms with Crippen LogP contribution in [0.25, 0.3) is 33.0 Å². The van der Waals surface area contributed by atoms with Gasteiger partial charge in [-0.1, -0.05) is 32.0 Å². The second-order valence-electron chi connectivity index (χ2n) is 8.50. The Morgan fingerprint density at radius 1 is 0.971 bits per heavy atom. The van der Waals surface area contributed by atoms with Gasteiger partial charge in [0, 0.05) is 65.0 Å². The molecule has 0 saturated heterocycles. The highest BCUT2D eigenvalue weighted by molar-refractivity contribution is 6.50. The lowest BCUT2D eigenvalue weighted by molar-refractivity contribution is -0.384. The lowest BCUT2D eigenvalue weighted by Crippen LogP contribution is -2.26. The van der Waals surface area contributed by atoms with E-state index in [1.807, 2.05) is 35.0 Å². The number of nitro benzene ring substituents is 1. The molecule has 0 atom stereocenters. The van der Waals surface area contributed by atoms with Crippen molar-refractivity contribution in [1.29, 1.82) is 0 Å². The molecule has 2 aromatic heterocycles. The Labute approximate surface area is 201 Å². The third-order valence-electron chi connectivity index (χ3n) is 6.69. The van der Waals surface area contributed by atoms with Crippen molar-refractivity contribution in [3.63, 3.8) is 0 Å². The van der Waals surface area contributed by atoms with Crippen LogP contribution in [0.3, 0.4) is 0 Å². The van der Waals surface area contributed by atoms with Gasteiger partial charge in [0.25, 0.3) is 17.5 Å². The van der Waals surface area contributed by atoms with Crippen molar-refractivity contribution in [2.75, 3.05) is 19.6 Å². The number of carbonyl (C=O) groups is 2. The van der Waals surface area contributed by atoms with Gasteiger partial charge in [0.2, 0.25) is 0 Å².